The molecule has 3 heteroatoms. The molecule has 0 amide bonds. The van der Waals surface area contributed by atoms with Gasteiger partial charge in [-0.3, -0.25) is 0 Å². The van der Waals surface area contributed by atoms with Crippen molar-refractivity contribution in [2.45, 2.75) is 25.8 Å². The highest BCUT2D eigenvalue weighted by atomic mass is 79.9. The van der Waals surface area contributed by atoms with Crippen LogP contribution in [0.2, 0.25) is 0 Å². The molecule has 1 aliphatic rings. The predicted molar refractivity (Wildman–Crippen MR) is 60.5 cm³/mol. The summed E-state index contributed by atoms with van der Waals surface area (Å²) < 4.78 is 1.12. The van der Waals surface area contributed by atoms with Gasteiger partial charge in [-0.25, -0.2) is 0 Å². The van der Waals surface area contributed by atoms with Gasteiger partial charge in [0, 0.05) is 10.5 Å². The Morgan fingerprint density at radius 3 is 2.93 bits per heavy atom. The molecule has 1 aromatic rings. The van der Waals surface area contributed by atoms with Gasteiger partial charge in [0.05, 0.1) is 0 Å². The third-order valence-electron chi connectivity index (χ3n) is 2.70. The first kappa shape index (κ1) is 9.99. The van der Waals surface area contributed by atoms with E-state index in [-0.39, 0.29) is 0 Å². The highest BCUT2D eigenvalue weighted by Gasteiger charge is 2.19. The van der Waals surface area contributed by atoms with Crippen molar-refractivity contribution in [1.82, 2.24) is 5.32 Å². The summed E-state index contributed by atoms with van der Waals surface area (Å²) in [6.07, 6.45) is 2.37. The molecule has 76 valence electrons. The molecule has 1 atom stereocenters. The molecule has 0 spiro atoms. The first-order valence-electron chi connectivity index (χ1n) is 4.91. The lowest BCUT2D eigenvalue weighted by molar-refractivity contribution is 0.472. The Morgan fingerprint density at radius 2 is 2.29 bits per heavy atom. The fourth-order valence-corrected chi connectivity index (χ4v) is 2.49. The molecule has 2 nitrogen and oxygen atoms in total. The second-order valence-corrected chi connectivity index (χ2v) is 4.61. The molecule has 0 radical (unpaired) electrons. The summed E-state index contributed by atoms with van der Waals surface area (Å²) in [4.78, 5) is 0. The zero-order chi connectivity index (χ0) is 10.1. The van der Waals surface area contributed by atoms with Gasteiger partial charge >= 0.3 is 0 Å². The quantitative estimate of drug-likeness (QED) is 0.809. The van der Waals surface area contributed by atoms with Crippen LogP contribution >= 0.6 is 15.9 Å². The first-order valence-corrected chi connectivity index (χ1v) is 5.70. The molecule has 1 heterocycles. The van der Waals surface area contributed by atoms with Crippen LogP contribution in [0.1, 0.15) is 30.0 Å². The molecule has 1 aliphatic heterocycles. The fourth-order valence-electron chi connectivity index (χ4n) is 1.98. The lowest BCUT2D eigenvalue weighted by Crippen LogP contribution is -2.13. The average molecular weight is 256 g/mol. The number of aromatic hydroxyl groups is 1. The van der Waals surface area contributed by atoms with Crippen LogP contribution in [0.25, 0.3) is 0 Å². The van der Waals surface area contributed by atoms with E-state index in [9.17, 15) is 5.11 Å². The van der Waals surface area contributed by atoms with E-state index in [0.29, 0.717) is 11.8 Å². The van der Waals surface area contributed by atoms with Gasteiger partial charge in [0.2, 0.25) is 0 Å². The van der Waals surface area contributed by atoms with Gasteiger partial charge in [-0.2, -0.15) is 0 Å². The Morgan fingerprint density at radius 1 is 1.50 bits per heavy atom. The fraction of sp³-hybridized carbons (Fsp3) is 0.455. The smallest absolute Gasteiger partial charge is 0.116 e. The van der Waals surface area contributed by atoms with Crippen LogP contribution in [-0.2, 0) is 0 Å². The molecule has 1 aromatic carbocycles. The second kappa shape index (κ2) is 3.91. The largest absolute Gasteiger partial charge is 0.508 e. The minimum Gasteiger partial charge on any atom is -0.508 e. The monoisotopic (exact) mass is 255 g/mol. The van der Waals surface area contributed by atoms with Crippen molar-refractivity contribution in [2.24, 2.45) is 0 Å². The van der Waals surface area contributed by atoms with Crippen LogP contribution < -0.4 is 5.32 Å². The first-order chi connectivity index (χ1) is 6.68. The maximum Gasteiger partial charge on any atom is 0.116 e. The van der Waals surface area contributed by atoms with Gasteiger partial charge in [-0.05, 0) is 49.6 Å². The van der Waals surface area contributed by atoms with E-state index in [4.69, 9.17) is 0 Å². The van der Waals surface area contributed by atoms with Crippen molar-refractivity contribution < 1.29 is 5.11 Å². The highest BCUT2D eigenvalue weighted by molar-refractivity contribution is 9.10. The molecule has 1 saturated heterocycles. The number of halogens is 1. The molecule has 1 unspecified atom stereocenters. The van der Waals surface area contributed by atoms with Crippen LogP contribution in [0, 0.1) is 6.92 Å². The third-order valence-corrected chi connectivity index (χ3v) is 3.79. The number of hydrogen-bond acceptors (Lipinski definition) is 2. The molecule has 2 rings (SSSR count). The molecular weight excluding hydrogens is 242 g/mol. The second-order valence-electron chi connectivity index (χ2n) is 3.81. The van der Waals surface area contributed by atoms with E-state index in [0.717, 1.165) is 23.0 Å². The van der Waals surface area contributed by atoms with E-state index < -0.39 is 0 Å². The lowest BCUT2D eigenvalue weighted by atomic mass is 10.0. The predicted octanol–water partition coefficient (Wildman–Crippen LogP) is 2.89. The van der Waals surface area contributed by atoms with E-state index in [1.807, 2.05) is 13.0 Å². The zero-order valence-electron chi connectivity index (χ0n) is 8.18. The highest BCUT2D eigenvalue weighted by Crippen LogP contribution is 2.34. The Balaban J connectivity index is 2.40. The topological polar surface area (TPSA) is 32.3 Å². The Labute approximate surface area is 92.5 Å². The van der Waals surface area contributed by atoms with Crippen molar-refractivity contribution in [2.75, 3.05) is 6.54 Å². The maximum atomic E-state index is 9.53. The number of phenolic OH excluding ortho intramolecular Hbond substituents is 1. The van der Waals surface area contributed by atoms with E-state index >= 15 is 0 Å². The van der Waals surface area contributed by atoms with Gasteiger partial charge in [-0.15, -0.1) is 0 Å². The third kappa shape index (κ3) is 1.79. The molecule has 0 saturated carbocycles. The summed E-state index contributed by atoms with van der Waals surface area (Å²) in [6, 6.07) is 4.03. The SMILES string of the molecule is Cc1cc(O)cc(C2CCCN2)c1Br. The van der Waals surface area contributed by atoms with Gasteiger partial charge in [-0.1, -0.05) is 15.9 Å². The van der Waals surface area contributed by atoms with Crippen LogP contribution in [0.3, 0.4) is 0 Å². The summed E-state index contributed by atoms with van der Waals surface area (Å²) >= 11 is 3.57. The standard InChI is InChI=1S/C11H14BrNO/c1-7-5-8(14)6-9(11(7)12)10-3-2-4-13-10/h5-6,10,13-14H,2-4H2,1H3. The molecule has 2 N–H and O–H groups in total. The van der Waals surface area contributed by atoms with Crippen molar-refractivity contribution >= 4 is 15.9 Å². The molecule has 1 fully saturated rings. The summed E-state index contributed by atoms with van der Waals surface area (Å²) in [5, 5.41) is 13.0. The summed E-state index contributed by atoms with van der Waals surface area (Å²) in [5.74, 6) is 0.356. The van der Waals surface area contributed by atoms with Crippen LogP contribution in [0.5, 0.6) is 5.75 Å². The minimum absolute atomic E-state index is 0.356. The molecular formula is C11H14BrNO. The van der Waals surface area contributed by atoms with Crippen molar-refractivity contribution in [3.05, 3.63) is 27.7 Å². The van der Waals surface area contributed by atoms with Gasteiger partial charge in [0.15, 0.2) is 0 Å². The van der Waals surface area contributed by atoms with E-state index in [2.05, 4.69) is 21.2 Å². The number of rotatable bonds is 1. The van der Waals surface area contributed by atoms with Crippen molar-refractivity contribution in [1.29, 1.82) is 0 Å². The molecule has 0 aliphatic carbocycles. The van der Waals surface area contributed by atoms with Gasteiger partial charge in [0.1, 0.15) is 5.75 Å². The Hall–Kier alpha value is -0.540. The summed E-state index contributed by atoms with van der Waals surface area (Å²) in [7, 11) is 0. The number of aryl methyl sites for hydroxylation is 1. The van der Waals surface area contributed by atoms with Crippen LogP contribution in [-0.4, -0.2) is 11.7 Å². The van der Waals surface area contributed by atoms with Crippen molar-refractivity contribution in [3.63, 3.8) is 0 Å². The normalized spacial score (nSPS) is 21.4. The molecule has 0 aromatic heterocycles. The van der Waals surface area contributed by atoms with E-state index in [1.165, 1.54) is 12.0 Å². The van der Waals surface area contributed by atoms with Crippen molar-refractivity contribution in [3.8, 4) is 5.75 Å². The van der Waals surface area contributed by atoms with Crippen LogP contribution in [0.4, 0.5) is 0 Å². The van der Waals surface area contributed by atoms with Crippen LogP contribution in [0.15, 0.2) is 16.6 Å². The summed E-state index contributed by atoms with van der Waals surface area (Å²) in [5.41, 5.74) is 2.27. The average Bonchev–Trinajstić information content (AvgIpc) is 2.63. The minimum atomic E-state index is 0.356. The maximum absolute atomic E-state index is 9.53. The Bertz CT molecular complexity index is 345. The molecule has 0 bridgehead atoms. The number of hydrogen-bond donors (Lipinski definition) is 2. The molecule has 14 heavy (non-hydrogen) atoms. The zero-order valence-corrected chi connectivity index (χ0v) is 9.76. The summed E-state index contributed by atoms with van der Waals surface area (Å²) in [6.45, 7) is 3.08. The van der Waals surface area contributed by atoms with E-state index in [1.54, 1.807) is 6.07 Å². The van der Waals surface area contributed by atoms with Gasteiger partial charge in [0.25, 0.3) is 0 Å². The number of nitrogens with one attached hydrogen (secondary N) is 1. The lowest BCUT2D eigenvalue weighted by Gasteiger charge is -2.14. The van der Waals surface area contributed by atoms with Gasteiger partial charge < -0.3 is 10.4 Å². The number of benzene rings is 1. The number of phenols is 1. The Kier molecular flexibility index (Phi) is 2.79.